The zero-order chi connectivity index (χ0) is 17.8. The van der Waals surface area contributed by atoms with Crippen molar-refractivity contribution in [3.8, 4) is 0 Å². The van der Waals surface area contributed by atoms with Gasteiger partial charge in [0.1, 0.15) is 5.82 Å². The summed E-state index contributed by atoms with van der Waals surface area (Å²) in [7, 11) is 0. The van der Waals surface area contributed by atoms with Gasteiger partial charge in [-0.3, -0.25) is 14.5 Å². The van der Waals surface area contributed by atoms with E-state index in [-0.39, 0.29) is 24.7 Å². The Balaban J connectivity index is 1.91. The Kier molecular flexibility index (Phi) is 5.14. The van der Waals surface area contributed by atoms with Crippen LogP contribution < -0.4 is 5.73 Å². The summed E-state index contributed by atoms with van der Waals surface area (Å²) in [5, 5.41) is -0.227. The second kappa shape index (κ2) is 7.48. The number of primary amides is 1. The molecule has 25 heavy (non-hydrogen) atoms. The van der Waals surface area contributed by atoms with E-state index in [1.165, 1.54) is 28.8 Å². The van der Waals surface area contributed by atoms with Gasteiger partial charge in [0.25, 0.3) is 0 Å². The number of aliphatic imine (C=N–C) groups is 1. The minimum absolute atomic E-state index is 0.0228. The number of carbonyl (C=O) groups is 2. The molecule has 1 saturated heterocycles. The average molecular weight is 357 g/mol. The Hall–Kier alpha value is -2.67. The van der Waals surface area contributed by atoms with Gasteiger partial charge in [0.05, 0.1) is 17.5 Å². The van der Waals surface area contributed by atoms with Gasteiger partial charge in [0.2, 0.25) is 11.8 Å². The Morgan fingerprint density at radius 1 is 1.20 bits per heavy atom. The number of halogens is 1. The summed E-state index contributed by atoms with van der Waals surface area (Å²) in [5.41, 5.74) is 6.82. The van der Waals surface area contributed by atoms with Crippen LogP contribution in [0.3, 0.4) is 0 Å². The predicted octanol–water partition coefficient (Wildman–Crippen LogP) is 2.83. The number of nitrogens with two attached hydrogens (primary N) is 1. The fourth-order valence-corrected chi connectivity index (χ4v) is 3.44. The Bertz CT molecular complexity index is 809. The fourth-order valence-electron chi connectivity index (χ4n) is 2.39. The molecule has 1 unspecified atom stereocenters. The number of carbonyl (C=O) groups excluding carboxylic acids is 2. The Morgan fingerprint density at radius 2 is 1.88 bits per heavy atom. The maximum absolute atomic E-state index is 13.1. The molecule has 1 aliphatic rings. The number of nitrogens with zero attached hydrogens (tertiary/aromatic N) is 2. The van der Waals surface area contributed by atoms with Crippen LogP contribution >= 0.6 is 11.8 Å². The van der Waals surface area contributed by atoms with Gasteiger partial charge in [0.15, 0.2) is 5.17 Å². The topological polar surface area (TPSA) is 75.8 Å². The van der Waals surface area contributed by atoms with E-state index in [1.807, 2.05) is 30.3 Å². The van der Waals surface area contributed by atoms with Crippen LogP contribution in [0.1, 0.15) is 12.0 Å². The predicted molar refractivity (Wildman–Crippen MR) is 95.7 cm³/mol. The van der Waals surface area contributed by atoms with Crippen molar-refractivity contribution in [3.05, 3.63) is 66.0 Å². The summed E-state index contributed by atoms with van der Waals surface area (Å²) in [6.45, 7) is 0.253. The monoisotopic (exact) mass is 357 g/mol. The molecule has 1 fully saturated rings. The largest absolute Gasteiger partial charge is 0.369 e. The number of benzene rings is 2. The van der Waals surface area contributed by atoms with Crippen LogP contribution in [0.2, 0.25) is 0 Å². The van der Waals surface area contributed by atoms with Gasteiger partial charge in [-0.1, -0.05) is 42.1 Å². The van der Waals surface area contributed by atoms with Crippen molar-refractivity contribution < 1.29 is 14.0 Å². The quantitative estimate of drug-likeness (QED) is 0.914. The van der Waals surface area contributed by atoms with Gasteiger partial charge in [-0.15, -0.1) is 0 Å². The van der Waals surface area contributed by atoms with Crippen molar-refractivity contribution in [1.29, 1.82) is 0 Å². The second-order valence-corrected chi connectivity index (χ2v) is 6.72. The van der Waals surface area contributed by atoms with E-state index in [4.69, 9.17) is 5.73 Å². The van der Waals surface area contributed by atoms with E-state index in [1.54, 1.807) is 12.1 Å². The molecular weight excluding hydrogens is 341 g/mol. The maximum Gasteiger partial charge on any atom is 0.231 e. The molecule has 0 saturated carbocycles. The first-order valence-electron chi connectivity index (χ1n) is 7.67. The highest BCUT2D eigenvalue weighted by molar-refractivity contribution is 8.15. The normalized spacial score (nSPS) is 19.2. The van der Waals surface area contributed by atoms with E-state index in [2.05, 4.69) is 4.99 Å². The molecule has 0 bridgehead atoms. The summed E-state index contributed by atoms with van der Waals surface area (Å²) in [4.78, 5) is 30.1. The molecule has 2 aromatic rings. The molecule has 2 aromatic carbocycles. The van der Waals surface area contributed by atoms with Gasteiger partial charge in [-0.2, -0.15) is 0 Å². The van der Waals surface area contributed by atoms with Crippen molar-refractivity contribution in [2.45, 2.75) is 18.2 Å². The lowest BCUT2D eigenvalue weighted by molar-refractivity contribution is -0.130. The zero-order valence-corrected chi connectivity index (χ0v) is 14.1. The first kappa shape index (κ1) is 17.2. The average Bonchev–Trinajstić information content (AvgIpc) is 2.60. The molecule has 2 N–H and O–H groups in total. The molecule has 1 atom stereocenters. The van der Waals surface area contributed by atoms with Gasteiger partial charge < -0.3 is 5.73 Å². The van der Waals surface area contributed by atoms with Crippen molar-refractivity contribution >= 4 is 34.4 Å². The summed E-state index contributed by atoms with van der Waals surface area (Å²) in [5.74, 6) is -1.11. The SMILES string of the molecule is NC(=O)C1CC(=O)N(Cc2ccc(F)cc2)C(=Nc2ccccc2)S1. The van der Waals surface area contributed by atoms with Crippen LogP contribution in [-0.4, -0.2) is 27.1 Å². The third-order valence-electron chi connectivity index (χ3n) is 3.69. The molecule has 0 aliphatic carbocycles. The van der Waals surface area contributed by atoms with E-state index in [0.29, 0.717) is 10.9 Å². The van der Waals surface area contributed by atoms with Crippen molar-refractivity contribution in [3.63, 3.8) is 0 Å². The molecule has 5 nitrogen and oxygen atoms in total. The van der Waals surface area contributed by atoms with E-state index >= 15 is 0 Å². The molecule has 3 rings (SSSR count). The van der Waals surface area contributed by atoms with Crippen LogP contribution in [0, 0.1) is 5.82 Å². The minimum Gasteiger partial charge on any atom is -0.369 e. The number of para-hydroxylation sites is 1. The standard InChI is InChI=1S/C18H16FN3O2S/c19-13-8-6-12(7-9-13)11-22-16(23)10-15(17(20)24)25-18(22)21-14-4-2-1-3-5-14/h1-9,15H,10-11H2,(H2,20,24). The number of amidine groups is 1. The van der Waals surface area contributed by atoms with Gasteiger partial charge >= 0.3 is 0 Å². The van der Waals surface area contributed by atoms with Gasteiger partial charge in [-0.05, 0) is 29.8 Å². The molecule has 0 aromatic heterocycles. The minimum atomic E-state index is -0.639. The molecular formula is C18H16FN3O2S. The number of thioether (sulfide) groups is 1. The molecule has 7 heteroatoms. The third-order valence-corrected chi connectivity index (χ3v) is 4.90. The lowest BCUT2D eigenvalue weighted by Crippen LogP contribution is -2.45. The van der Waals surface area contributed by atoms with Crippen molar-refractivity contribution in [1.82, 2.24) is 4.90 Å². The first-order valence-corrected chi connectivity index (χ1v) is 8.55. The summed E-state index contributed by atoms with van der Waals surface area (Å²) in [6.07, 6.45) is 0.0228. The van der Waals surface area contributed by atoms with Crippen LogP contribution in [0.25, 0.3) is 0 Å². The lowest BCUT2D eigenvalue weighted by Gasteiger charge is -2.31. The third kappa shape index (κ3) is 4.24. The summed E-state index contributed by atoms with van der Waals surface area (Å²) in [6, 6.07) is 15.1. The lowest BCUT2D eigenvalue weighted by atomic mass is 10.2. The number of hydrogen-bond donors (Lipinski definition) is 1. The molecule has 2 amide bonds. The fraction of sp³-hybridized carbons (Fsp3) is 0.167. The molecule has 1 heterocycles. The number of rotatable bonds is 4. The molecule has 1 aliphatic heterocycles. The van der Waals surface area contributed by atoms with Crippen LogP contribution in [-0.2, 0) is 16.1 Å². The maximum atomic E-state index is 13.1. The number of hydrogen-bond acceptors (Lipinski definition) is 4. The smallest absolute Gasteiger partial charge is 0.231 e. The number of amides is 2. The molecule has 0 radical (unpaired) electrons. The highest BCUT2D eigenvalue weighted by Gasteiger charge is 2.34. The van der Waals surface area contributed by atoms with Crippen molar-refractivity contribution in [2.75, 3.05) is 0 Å². The Labute approximate surface area is 148 Å². The van der Waals surface area contributed by atoms with E-state index < -0.39 is 11.2 Å². The molecule has 128 valence electrons. The van der Waals surface area contributed by atoms with Crippen molar-refractivity contribution in [2.24, 2.45) is 10.7 Å². The van der Waals surface area contributed by atoms with Crippen LogP contribution in [0.15, 0.2) is 59.6 Å². The summed E-state index contributed by atoms with van der Waals surface area (Å²) < 4.78 is 13.1. The molecule has 0 spiro atoms. The Morgan fingerprint density at radius 3 is 2.52 bits per heavy atom. The van der Waals surface area contributed by atoms with Gasteiger partial charge in [0, 0.05) is 6.42 Å². The van der Waals surface area contributed by atoms with E-state index in [0.717, 1.165) is 5.56 Å². The highest BCUT2D eigenvalue weighted by atomic mass is 32.2. The van der Waals surface area contributed by atoms with Crippen LogP contribution in [0.4, 0.5) is 10.1 Å². The zero-order valence-electron chi connectivity index (χ0n) is 13.3. The summed E-state index contributed by atoms with van der Waals surface area (Å²) >= 11 is 1.18. The second-order valence-electron chi connectivity index (χ2n) is 5.55. The van der Waals surface area contributed by atoms with E-state index in [9.17, 15) is 14.0 Å². The van der Waals surface area contributed by atoms with Crippen LogP contribution in [0.5, 0.6) is 0 Å². The first-order chi connectivity index (χ1) is 12.0. The van der Waals surface area contributed by atoms with Gasteiger partial charge in [-0.25, -0.2) is 9.38 Å². The highest BCUT2D eigenvalue weighted by Crippen LogP contribution is 2.29.